The lowest BCUT2D eigenvalue weighted by atomic mass is 9.96. The van der Waals surface area contributed by atoms with E-state index in [9.17, 15) is 4.79 Å². The number of hydrogen-bond acceptors (Lipinski definition) is 2. The number of carbonyl (C=O) groups excluding carboxylic acids is 1. The van der Waals surface area contributed by atoms with Crippen molar-refractivity contribution in [2.75, 3.05) is 20.1 Å². The molecule has 108 valence electrons. The summed E-state index contributed by atoms with van der Waals surface area (Å²) in [6, 6.07) is 8.70. The second-order valence-electron chi connectivity index (χ2n) is 6.07. The molecule has 1 heterocycles. The average molecular weight is 272 g/mol. The van der Waals surface area contributed by atoms with Crippen molar-refractivity contribution in [2.24, 2.45) is 5.92 Å². The summed E-state index contributed by atoms with van der Waals surface area (Å²) in [6.45, 7) is 1.79. The van der Waals surface area contributed by atoms with Gasteiger partial charge in [-0.1, -0.05) is 24.6 Å². The van der Waals surface area contributed by atoms with Crippen LogP contribution >= 0.6 is 0 Å². The van der Waals surface area contributed by atoms with E-state index in [1.807, 2.05) is 23.1 Å². The van der Waals surface area contributed by atoms with E-state index in [4.69, 9.17) is 0 Å². The smallest absolute Gasteiger partial charge is 0.254 e. The summed E-state index contributed by atoms with van der Waals surface area (Å²) in [6.07, 6.45) is 6.07. The summed E-state index contributed by atoms with van der Waals surface area (Å²) in [5.41, 5.74) is 2.12. The summed E-state index contributed by atoms with van der Waals surface area (Å²) in [7, 11) is 2.06. The first-order valence-corrected chi connectivity index (χ1v) is 7.84. The van der Waals surface area contributed by atoms with Crippen molar-refractivity contribution >= 4 is 5.91 Å². The number of fused-ring (bicyclic) bond motifs is 1. The third-order valence-corrected chi connectivity index (χ3v) is 4.99. The molecule has 1 aliphatic carbocycles. The number of hydrogen-bond donors (Lipinski definition) is 1. The van der Waals surface area contributed by atoms with Crippen molar-refractivity contribution in [2.45, 2.75) is 38.1 Å². The molecule has 1 saturated carbocycles. The Labute approximate surface area is 121 Å². The normalized spacial score (nSPS) is 25.9. The molecule has 1 aliphatic heterocycles. The monoisotopic (exact) mass is 272 g/mol. The lowest BCUT2D eigenvalue weighted by Gasteiger charge is -2.30. The molecule has 0 spiro atoms. The van der Waals surface area contributed by atoms with E-state index >= 15 is 0 Å². The molecular weight excluding hydrogens is 248 g/mol. The van der Waals surface area contributed by atoms with Crippen LogP contribution in [-0.2, 0) is 6.42 Å². The van der Waals surface area contributed by atoms with E-state index in [-0.39, 0.29) is 5.91 Å². The Bertz CT molecular complexity index is 486. The topological polar surface area (TPSA) is 32.3 Å². The van der Waals surface area contributed by atoms with E-state index in [1.165, 1.54) is 24.8 Å². The highest BCUT2D eigenvalue weighted by Gasteiger charge is 2.28. The van der Waals surface area contributed by atoms with Crippen LogP contribution in [0, 0.1) is 5.92 Å². The van der Waals surface area contributed by atoms with Crippen LogP contribution in [0.25, 0.3) is 0 Å². The molecule has 0 bridgehead atoms. The van der Waals surface area contributed by atoms with Gasteiger partial charge in [0.2, 0.25) is 0 Å². The van der Waals surface area contributed by atoms with Gasteiger partial charge in [0.05, 0.1) is 0 Å². The standard InChI is InChI=1S/C17H24N2O/c1-18-16-8-4-6-14(16)10-12-19-11-9-13-5-2-3-7-15(13)17(19)20/h2-3,5,7,14,16,18H,4,6,8-12H2,1H3. The van der Waals surface area contributed by atoms with Crippen molar-refractivity contribution in [1.29, 1.82) is 0 Å². The minimum absolute atomic E-state index is 0.228. The lowest BCUT2D eigenvalue weighted by Crippen LogP contribution is -2.40. The predicted molar refractivity (Wildman–Crippen MR) is 80.9 cm³/mol. The van der Waals surface area contributed by atoms with Gasteiger partial charge >= 0.3 is 0 Å². The van der Waals surface area contributed by atoms with Gasteiger partial charge in [0, 0.05) is 24.7 Å². The van der Waals surface area contributed by atoms with Gasteiger partial charge in [-0.2, -0.15) is 0 Å². The maximum absolute atomic E-state index is 12.5. The third kappa shape index (κ3) is 2.59. The molecule has 1 amide bonds. The first-order valence-electron chi connectivity index (χ1n) is 7.84. The molecule has 2 unspecified atom stereocenters. The SMILES string of the molecule is CNC1CCCC1CCN1CCc2ccccc2C1=O. The number of benzene rings is 1. The van der Waals surface area contributed by atoms with Gasteiger partial charge in [-0.3, -0.25) is 4.79 Å². The summed E-state index contributed by atoms with van der Waals surface area (Å²) in [5, 5.41) is 3.43. The quantitative estimate of drug-likeness (QED) is 0.913. The van der Waals surface area contributed by atoms with E-state index in [1.54, 1.807) is 0 Å². The zero-order valence-corrected chi connectivity index (χ0v) is 12.3. The van der Waals surface area contributed by atoms with Crippen LogP contribution in [0.4, 0.5) is 0 Å². The van der Waals surface area contributed by atoms with Gasteiger partial charge in [-0.15, -0.1) is 0 Å². The fourth-order valence-electron chi connectivity index (χ4n) is 3.77. The summed E-state index contributed by atoms with van der Waals surface area (Å²) >= 11 is 0. The third-order valence-electron chi connectivity index (χ3n) is 4.99. The van der Waals surface area contributed by atoms with Gasteiger partial charge in [0.15, 0.2) is 0 Å². The molecule has 0 saturated heterocycles. The maximum Gasteiger partial charge on any atom is 0.254 e. The second kappa shape index (κ2) is 5.96. The Hall–Kier alpha value is -1.35. The Morgan fingerprint density at radius 1 is 1.30 bits per heavy atom. The van der Waals surface area contributed by atoms with E-state index < -0.39 is 0 Å². The fraction of sp³-hybridized carbons (Fsp3) is 0.588. The van der Waals surface area contributed by atoms with Crippen LogP contribution in [0.3, 0.4) is 0 Å². The van der Waals surface area contributed by atoms with E-state index in [0.29, 0.717) is 6.04 Å². The summed E-state index contributed by atoms with van der Waals surface area (Å²) < 4.78 is 0. The number of carbonyl (C=O) groups is 1. The number of nitrogens with zero attached hydrogens (tertiary/aromatic N) is 1. The maximum atomic E-state index is 12.5. The van der Waals surface area contributed by atoms with Crippen molar-refractivity contribution in [3.05, 3.63) is 35.4 Å². The van der Waals surface area contributed by atoms with Crippen molar-refractivity contribution in [3.63, 3.8) is 0 Å². The van der Waals surface area contributed by atoms with Gasteiger partial charge in [0.1, 0.15) is 0 Å². The molecule has 2 atom stereocenters. The Balaban J connectivity index is 1.61. The van der Waals surface area contributed by atoms with Crippen LogP contribution in [0.5, 0.6) is 0 Å². The Kier molecular flexibility index (Phi) is 4.06. The van der Waals surface area contributed by atoms with Gasteiger partial charge in [0.25, 0.3) is 5.91 Å². The van der Waals surface area contributed by atoms with Crippen LogP contribution in [0.15, 0.2) is 24.3 Å². The fourth-order valence-corrected chi connectivity index (χ4v) is 3.77. The zero-order valence-electron chi connectivity index (χ0n) is 12.3. The number of nitrogens with one attached hydrogen (secondary N) is 1. The Morgan fingerprint density at radius 3 is 3.00 bits per heavy atom. The molecule has 1 fully saturated rings. The highest BCUT2D eigenvalue weighted by molar-refractivity contribution is 5.96. The molecule has 20 heavy (non-hydrogen) atoms. The highest BCUT2D eigenvalue weighted by atomic mass is 16.2. The minimum atomic E-state index is 0.228. The van der Waals surface area contributed by atoms with Crippen molar-refractivity contribution in [1.82, 2.24) is 10.2 Å². The van der Waals surface area contributed by atoms with Crippen molar-refractivity contribution in [3.8, 4) is 0 Å². The molecule has 0 aromatic heterocycles. The molecule has 1 aromatic rings. The van der Waals surface area contributed by atoms with Crippen LogP contribution < -0.4 is 5.32 Å². The Morgan fingerprint density at radius 2 is 2.15 bits per heavy atom. The van der Waals surface area contributed by atoms with Gasteiger partial charge in [-0.25, -0.2) is 0 Å². The summed E-state index contributed by atoms with van der Waals surface area (Å²) in [4.78, 5) is 14.5. The molecular formula is C17H24N2O. The minimum Gasteiger partial charge on any atom is -0.338 e. The molecule has 1 aromatic carbocycles. The molecule has 1 N–H and O–H groups in total. The molecule has 2 aliphatic rings. The number of amides is 1. The average Bonchev–Trinajstić information content (AvgIpc) is 2.94. The molecule has 0 radical (unpaired) electrons. The first kappa shape index (κ1) is 13.6. The zero-order chi connectivity index (χ0) is 13.9. The second-order valence-corrected chi connectivity index (χ2v) is 6.07. The lowest BCUT2D eigenvalue weighted by molar-refractivity contribution is 0.0728. The van der Waals surface area contributed by atoms with Gasteiger partial charge in [-0.05, 0) is 50.3 Å². The highest BCUT2D eigenvalue weighted by Crippen LogP contribution is 2.29. The van der Waals surface area contributed by atoms with Crippen molar-refractivity contribution < 1.29 is 4.79 Å². The van der Waals surface area contributed by atoms with Crippen LogP contribution in [0.1, 0.15) is 41.6 Å². The van der Waals surface area contributed by atoms with Crippen LogP contribution in [0.2, 0.25) is 0 Å². The molecule has 3 heteroatoms. The van der Waals surface area contributed by atoms with E-state index in [0.717, 1.165) is 37.4 Å². The van der Waals surface area contributed by atoms with Gasteiger partial charge < -0.3 is 10.2 Å². The number of rotatable bonds is 4. The molecule has 3 nitrogen and oxygen atoms in total. The predicted octanol–water partition coefficient (Wildman–Crippen LogP) is 2.46. The largest absolute Gasteiger partial charge is 0.338 e. The van der Waals surface area contributed by atoms with E-state index in [2.05, 4.69) is 18.4 Å². The van der Waals surface area contributed by atoms with Crippen LogP contribution in [-0.4, -0.2) is 37.0 Å². The first-order chi connectivity index (χ1) is 9.79. The summed E-state index contributed by atoms with van der Waals surface area (Å²) in [5.74, 6) is 0.968. The molecule has 3 rings (SSSR count).